The molecule has 0 atom stereocenters. The van der Waals surface area contributed by atoms with E-state index < -0.39 is 11.8 Å². The van der Waals surface area contributed by atoms with Crippen LogP contribution in [0.1, 0.15) is 13.3 Å². The highest BCUT2D eigenvalue weighted by Gasteiger charge is 2.13. The maximum absolute atomic E-state index is 11.7. The second kappa shape index (κ2) is 7.39. The molecule has 0 aliphatic heterocycles. The first kappa shape index (κ1) is 15.0. The number of anilines is 1. The van der Waals surface area contributed by atoms with E-state index in [1.165, 1.54) is 0 Å². The smallest absolute Gasteiger partial charge is 0.313 e. The first-order valence-electron chi connectivity index (χ1n) is 6.80. The zero-order chi connectivity index (χ0) is 15.1. The lowest BCUT2D eigenvalue weighted by Crippen LogP contribution is -2.36. The number of hydrogen-bond donors (Lipinski definition) is 3. The Kier molecular flexibility index (Phi) is 5.28. The number of aromatic amines is 1. The summed E-state index contributed by atoms with van der Waals surface area (Å²) >= 11 is 0. The Labute approximate surface area is 122 Å². The molecule has 1 aromatic heterocycles. The molecule has 0 aliphatic carbocycles. The average Bonchev–Trinajstić information content (AvgIpc) is 2.94. The van der Waals surface area contributed by atoms with E-state index in [1.807, 2.05) is 13.0 Å². The Morgan fingerprint density at radius 1 is 1.33 bits per heavy atom. The summed E-state index contributed by atoms with van der Waals surface area (Å²) in [5.41, 5.74) is 1.34. The van der Waals surface area contributed by atoms with Gasteiger partial charge in [0.25, 0.3) is 0 Å². The number of H-pyrrole nitrogens is 1. The molecule has 0 fully saturated rings. The normalized spacial score (nSPS) is 10.5. The van der Waals surface area contributed by atoms with Crippen LogP contribution in [-0.4, -0.2) is 41.8 Å². The molecule has 3 N–H and O–H groups in total. The predicted molar refractivity (Wildman–Crippen MR) is 78.8 cm³/mol. The Bertz CT molecular complexity index is 623. The van der Waals surface area contributed by atoms with Crippen LogP contribution in [0.25, 0.3) is 10.9 Å². The quantitative estimate of drug-likeness (QED) is 0.547. The first-order chi connectivity index (χ1) is 10.2. The lowest BCUT2D eigenvalue weighted by Gasteiger charge is -2.06. The number of ether oxygens (including phenoxy) is 1. The number of aromatic nitrogens is 2. The third-order valence-electron chi connectivity index (χ3n) is 2.86. The molecule has 2 rings (SSSR count). The third-order valence-corrected chi connectivity index (χ3v) is 2.86. The van der Waals surface area contributed by atoms with Crippen molar-refractivity contribution in [2.75, 3.05) is 25.1 Å². The number of benzene rings is 1. The Morgan fingerprint density at radius 3 is 3.00 bits per heavy atom. The van der Waals surface area contributed by atoms with Gasteiger partial charge in [-0.15, -0.1) is 0 Å². The van der Waals surface area contributed by atoms with Crippen LogP contribution in [0.2, 0.25) is 0 Å². The van der Waals surface area contributed by atoms with Crippen molar-refractivity contribution in [3.05, 3.63) is 24.4 Å². The Hall–Kier alpha value is -2.41. The van der Waals surface area contributed by atoms with Gasteiger partial charge in [0, 0.05) is 30.8 Å². The summed E-state index contributed by atoms with van der Waals surface area (Å²) < 4.78 is 5.14. The topological polar surface area (TPSA) is 96.1 Å². The first-order valence-corrected chi connectivity index (χ1v) is 6.80. The van der Waals surface area contributed by atoms with Gasteiger partial charge in [0.15, 0.2) is 0 Å². The molecule has 0 saturated carbocycles. The van der Waals surface area contributed by atoms with E-state index >= 15 is 0 Å². The second-order valence-corrected chi connectivity index (χ2v) is 4.43. The standard InChI is InChI=1S/C14H18N4O3/c1-2-21-7-3-6-15-13(19)14(20)17-11-5-4-10-9-16-18-12(10)8-11/h4-5,8-9H,2-3,6-7H2,1H3,(H,15,19)(H,16,18)(H,17,20). The summed E-state index contributed by atoms with van der Waals surface area (Å²) in [5, 5.41) is 12.7. The van der Waals surface area contributed by atoms with Gasteiger partial charge in [-0.3, -0.25) is 14.7 Å². The largest absolute Gasteiger partial charge is 0.382 e. The second-order valence-electron chi connectivity index (χ2n) is 4.43. The fourth-order valence-corrected chi connectivity index (χ4v) is 1.80. The number of rotatable bonds is 6. The summed E-state index contributed by atoms with van der Waals surface area (Å²) in [7, 11) is 0. The van der Waals surface area contributed by atoms with E-state index in [0.717, 1.165) is 10.9 Å². The van der Waals surface area contributed by atoms with Crippen LogP contribution in [0.15, 0.2) is 24.4 Å². The van der Waals surface area contributed by atoms with Crippen LogP contribution in [0.4, 0.5) is 5.69 Å². The summed E-state index contributed by atoms with van der Waals surface area (Å²) in [4.78, 5) is 23.3. The summed E-state index contributed by atoms with van der Waals surface area (Å²) in [6.07, 6.45) is 2.36. The van der Waals surface area contributed by atoms with Crippen molar-refractivity contribution in [3.8, 4) is 0 Å². The van der Waals surface area contributed by atoms with Crippen LogP contribution < -0.4 is 10.6 Å². The number of carbonyl (C=O) groups is 2. The third kappa shape index (κ3) is 4.28. The van der Waals surface area contributed by atoms with Crippen molar-refractivity contribution in [1.82, 2.24) is 15.5 Å². The molecule has 112 valence electrons. The van der Waals surface area contributed by atoms with E-state index in [1.54, 1.807) is 18.3 Å². The van der Waals surface area contributed by atoms with Crippen molar-refractivity contribution in [3.63, 3.8) is 0 Å². The molecule has 2 amide bonds. The molecule has 21 heavy (non-hydrogen) atoms. The Morgan fingerprint density at radius 2 is 2.19 bits per heavy atom. The minimum Gasteiger partial charge on any atom is -0.382 e. The van der Waals surface area contributed by atoms with E-state index in [9.17, 15) is 9.59 Å². The van der Waals surface area contributed by atoms with Crippen LogP contribution in [0.3, 0.4) is 0 Å². The van der Waals surface area contributed by atoms with Gasteiger partial charge in [0.1, 0.15) is 0 Å². The number of fused-ring (bicyclic) bond motifs is 1. The zero-order valence-corrected chi connectivity index (χ0v) is 11.8. The molecule has 0 aliphatic rings. The maximum Gasteiger partial charge on any atom is 0.313 e. The fraction of sp³-hybridized carbons (Fsp3) is 0.357. The van der Waals surface area contributed by atoms with Crippen LogP contribution in [0, 0.1) is 0 Å². The van der Waals surface area contributed by atoms with Gasteiger partial charge in [0.05, 0.1) is 11.7 Å². The van der Waals surface area contributed by atoms with Crippen molar-refractivity contribution < 1.29 is 14.3 Å². The fourth-order valence-electron chi connectivity index (χ4n) is 1.80. The van der Waals surface area contributed by atoms with Crippen molar-refractivity contribution >= 4 is 28.4 Å². The molecule has 0 radical (unpaired) electrons. The summed E-state index contributed by atoms with van der Waals surface area (Å²) in [6.45, 7) is 3.52. The lowest BCUT2D eigenvalue weighted by molar-refractivity contribution is -0.136. The molecule has 0 spiro atoms. The van der Waals surface area contributed by atoms with Crippen LogP contribution >= 0.6 is 0 Å². The van der Waals surface area contributed by atoms with Crippen molar-refractivity contribution in [1.29, 1.82) is 0 Å². The molecule has 7 heteroatoms. The molecule has 2 aromatic rings. The molecule has 1 aromatic carbocycles. The van der Waals surface area contributed by atoms with Crippen molar-refractivity contribution in [2.45, 2.75) is 13.3 Å². The molecule has 0 saturated heterocycles. The van der Waals surface area contributed by atoms with Gasteiger partial charge in [-0.05, 0) is 31.5 Å². The van der Waals surface area contributed by atoms with Gasteiger partial charge < -0.3 is 15.4 Å². The minimum absolute atomic E-state index is 0.409. The Balaban J connectivity index is 1.81. The molecular formula is C14H18N4O3. The van der Waals surface area contributed by atoms with E-state index in [0.29, 0.717) is 31.9 Å². The monoisotopic (exact) mass is 290 g/mol. The maximum atomic E-state index is 11.7. The van der Waals surface area contributed by atoms with Crippen LogP contribution in [0.5, 0.6) is 0 Å². The highest BCUT2D eigenvalue weighted by Crippen LogP contribution is 2.16. The number of nitrogens with one attached hydrogen (secondary N) is 3. The molecule has 1 heterocycles. The number of carbonyl (C=O) groups excluding carboxylic acids is 2. The van der Waals surface area contributed by atoms with E-state index in [2.05, 4.69) is 20.8 Å². The predicted octanol–water partition coefficient (Wildman–Crippen LogP) is 1.04. The van der Waals surface area contributed by atoms with Gasteiger partial charge in [0.2, 0.25) is 0 Å². The van der Waals surface area contributed by atoms with Gasteiger partial charge in [-0.2, -0.15) is 5.10 Å². The van der Waals surface area contributed by atoms with E-state index in [-0.39, 0.29) is 0 Å². The average molecular weight is 290 g/mol. The van der Waals surface area contributed by atoms with Gasteiger partial charge in [-0.1, -0.05) is 0 Å². The van der Waals surface area contributed by atoms with E-state index in [4.69, 9.17) is 4.74 Å². The molecule has 0 unspecified atom stereocenters. The molecule has 0 bridgehead atoms. The number of nitrogens with zero attached hydrogens (tertiary/aromatic N) is 1. The molecular weight excluding hydrogens is 272 g/mol. The zero-order valence-electron chi connectivity index (χ0n) is 11.8. The highest BCUT2D eigenvalue weighted by atomic mass is 16.5. The lowest BCUT2D eigenvalue weighted by atomic mass is 10.2. The van der Waals surface area contributed by atoms with Gasteiger partial charge >= 0.3 is 11.8 Å². The SMILES string of the molecule is CCOCCCNC(=O)C(=O)Nc1ccc2cn[nH]c2c1. The molecule has 7 nitrogen and oxygen atoms in total. The van der Waals surface area contributed by atoms with Gasteiger partial charge in [-0.25, -0.2) is 0 Å². The van der Waals surface area contributed by atoms with Crippen molar-refractivity contribution in [2.24, 2.45) is 0 Å². The summed E-state index contributed by atoms with van der Waals surface area (Å²) in [6, 6.07) is 5.26. The number of hydrogen-bond acceptors (Lipinski definition) is 4. The number of amides is 2. The minimum atomic E-state index is -0.690. The van der Waals surface area contributed by atoms with Crippen LogP contribution in [-0.2, 0) is 14.3 Å². The highest BCUT2D eigenvalue weighted by molar-refractivity contribution is 6.39. The summed E-state index contributed by atoms with van der Waals surface area (Å²) in [5.74, 6) is -1.35.